The molecule has 128 valence electrons. The molecular formula is C16H24N2O4S. The summed E-state index contributed by atoms with van der Waals surface area (Å²) in [6.45, 7) is 2.75. The quantitative estimate of drug-likeness (QED) is 0.699. The second-order valence-electron chi connectivity index (χ2n) is 5.74. The zero-order chi connectivity index (χ0) is 16.9. The average molecular weight is 340 g/mol. The Bertz CT molecular complexity index is 624. The minimum Gasteiger partial charge on any atom is -0.395 e. The first kappa shape index (κ1) is 17.9. The van der Waals surface area contributed by atoms with Crippen molar-refractivity contribution in [1.82, 2.24) is 9.62 Å². The Morgan fingerprint density at radius 1 is 1.30 bits per heavy atom. The smallest absolute Gasteiger partial charge is 0.240 e. The lowest BCUT2D eigenvalue weighted by molar-refractivity contribution is -0.131. The fourth-order valence-electron chi connectivity index (χ4n) is 2.31. The molecule has 1 aliphatic carbocycles. The number of carbonyl (C=O) groups is 1. The molecule has 1 saturated carbocycles. The van der Waals surface area contributed by atoms with E-state index in [9.17, 15) is 13.2 Å². The van der Waals surface area contributed by atoms with Gasteiger partial charge >= 0.3 is 0 Å². The predicted octanol–water partition coefficient (Wildman–Crippen LogP) is 0.901. The number of carbonyl (C=O) groups excluding carboxylic acids is 1. The van der Waals surface area contributed by atoms with E-state index in [1.54, 1.807) is 29.2 Å². The summed E-state index contributed by atoms with van der Waals surface area (Å²) in [5.41, 5.74) is 0.920. The monoisotopic (exact) mass is 340 g/mol. The Morgan fingerprint density at radius 3 is 2.48 bits per heavy atom. The Morgan fingerprint density at radius 2 is 1.96 bits per heavy atom. The van der Waals surface area contributed by atoms with Gasteiger partial charge in [0, 0.05) is 25.6 Å². The Kier molecular flexibility index (Phi) is 6.15. The lowest BCUT2D eigenvalue weighted by Gasteiger charge is -2.19. The van der Waals surface area contributed by atoms with Crippen LogP contribution in [0, 0.1) is 0 Å². The molecule has 0 aromatic heterocycles. The largest absolute Gasteiger partial charge is 0.395 e. The summed E-state index contributed by atoms with van der Waals surface area (Å²) in [5.74, 6) is -0.00588. The number of amides is 1. The molecule has 0 unspecified atom stereocenters. The van der Waals surface area contributed by atoms with Gasteiger partial charge in [-0.05, 0) is 43.9 Å². The van der Waals surface area contributed by atoms with Crippen molar-refractivity contribution < 1.29 is 18.3 Å². The second-order valence-corrected chi connectivity index (χ2v) is 7.45. The number of sulfonamides is 1. The molecule has 1 fully saturated rings. The number of benzene rings is 1. The van der Waals surface area contributed by atoms with Crippen molar-refractivity contribution in [1.29, 1.82) is 0 Å². The first-order valence-corrected chi connectivity index (χ1v) is 9.44. The van der Waals surface area contributed by atoms with Crippen LogP contribution in [0.2, 0.25) is 0 Å². The lowest BCUT2D eigenvalue weighted by atomic mass is 10.1. The molecule has 0 radical (unpaired) electrons. The SMILES string of the molecule is CCN(CCO)C(=O)CCc1ccc(S(=O)(=O)NC2CC2)cc1. The standard InChI is InChI=1S/C16H24N2O4S/c1-2-18(11-12-19)16(20)10-5-13-3-8-15(9-4-13)23(21,22)17-14-6-7-14/h3-4,8-9,14,17,19H,2,5-7,10-12H2,1H3. The zero-order valence-corrected chi connectivity index (χ0v) is 14.2. The molecule has 2 rings (SSSR count). The predicted molar refractivity (Wildman–Crippen MR) is 87.4 cm³/mol. The fraction of sp³-hybridized carbons (Fsp3) is 0.562. The number of rotatable bonds is 9. The molecule has 2 N–H and O–H groups in total. The second kappa shape index (κ2) is 7.90. The van der Waals surface area contributed by atoms with Crippen LogP contribution in [0.4, 0.5) is 0 Å². The fourth-order valence-corrected chi connectivity index (χ4v) is 3.62. The van der Waals surface area contributed by atoms with Crippen molar-refractivity contribution in [3.63, 3.8) is 0 Å². The molecule has 0 bridgehead atoms. The highest BCUT2D eigenvalue weighted by molar-refractivity contribution is 7.89. The minimum atomic E-state index is -3.42. The van der Waals surface area contributed by atoms with Gasteiger partial charge in [-0.15, -0.1) is 0 Å². The maximum absolute atomic E-state index is 12.1. The van der Waals surface area contributed by atoms with Crippen LogP contribution < -0.4 is 4.72 Å². The molecular weight excluding hydrogens is 316 g/mol. The van der Waals surface area contributed by atoms with Crippen LogP contribution in [-0.4, -0.2) is 50.1 Å². The normalized spacial score (nSPS) is 14.7. The Balaban J connectivity index is 1.90. The van der Waals surface area contributed by atoms with E-state index in [0.717, 1.165) is 18.4 Å². The van der Waals surface area contributed by atoms with Gasteiger partial charge in [-0.2, -0.15) is 0 Å². The molecule has 0 saturated heterocycles. The van der Waals surface area contributed by atoms with Gasteiger partial charge in [-0.1, -0.05) is 12.1 Å². The van der Waals surface area contributed by atoms with Crippen LogP contribution in [0.25, 0.3) is 0 Å². The van der Waals surface area contributed by atoms with Crippen molar-refractivity contribution in [2.75, 3.05) is 19.7 Å². The Labute approximate surface area is 137 Å². The van der Waals surface area contributed by atoms with E-state index >= 15 is 0 Å². The molecule has 1 aromatic rings. The van der Waals surface area contributed by atoms with E-state index < -0.39 is 10.0 Å². The van der Waals surface area contributed by atoms with Gasteiger partial charge < -0.3 is 10.0 Å². The van der Waals surface area contributed by atoms with Gasteiger partial charge in [-0.25, -0.2) is 13.1 Å². The highest BCUT2D eigenvalue weighted by atomic mass is 32.2. The van der Waals surface area contributed by atoms with E-state index in [1.807, 2.05) is 6.92 Å². The van der Waals surface area contributed by atoms with Gasteiger partial charge in [-0.3, -0.25) is 4.79 Å². The van der Waals surface area contributed by atoms with Crippen molar-refractivity contribution in [3.05, 3.63) is 29.8 Å². The van der Waals surface area contributed by atoms with Gasteiger partial charge in [0.1, 0.15) is 0 Å². The van der Waals surface area contributed by atoms with E-state index in [2.05, 4.69) is 4.72 Å². The number of nitrogens with one attached hydrogen (secondary N) is 1. The van der Waals surface area contributed by atoms with E-state index in [-0.39, 0.29) is 23.5 Å². The highest BCUT2D eigenvalue weighted by Crippen LogP contribution is 2.22. The molecule has 0 spiro atoms. The third-order valence-electron chi connectivity index (χ3n) is 3.86. The maximum Gasteiger partial charge on any atom is 0.240 e. The molecule has 23 heavy (non-hydrogen) atoms. The van der Waals surface area contributed by atoms with Gasteiger partial charge in [0.05, 0.1) is 11.5 Å². The number of hydrogen-bond donors (Lipinski definition) is 2. The summed E-state index contributed by atoms with van der Waals surface area (Å²) < 4.78 is 26.8. The molecule has 0 heterocycles. The van der Waals surface area contributed by atoms with Crippen molar-refractivity contribution in [3.8, 4) is 0 Å². The first-order valence-electron chi connectivity index (χ1n) is 7.96. The van der Waals surface area contributed by atoms with Crippen LogP contribution in [-0.2, 0) is 21.2 Å². The number of nitrogens with zero attached hydrogens (tertiary/aromatic N) is 1. The van der Waals surface area contributed by atoms with Crippen molar-refractivity contribution >= 4 is 15.9 Å². The molecule has 6 nitrogen and oxygen atoms in total. The molecule has 0 aliphatic heterocycles. The first-order chi connectivity index (χ1) is 11.0. The van der Waals surface area contributed by atoms with E-state index in [0.29, 0.717) is 25.9 Å². The third-order valence-corrected chi connectivity index (χ3v) is 5.40. The number of aliphatic hydroxyl groups is 1. The Hall–Kier alpha value is -1.44. The summed E-state index contributed by atoms with van der Waals surface area (Å²) in [6, 6.07) is 6.74. The van der Waals surface area contributed by atoms with Crippen LogP contribution in [0.5, 0.6) is 0 Å². The van der Waals surface area contributed by atoms with Crippen molar-refractivity contribution in [2.45, 2.75) is 43.5 Å². The van der Waals surface area contributed by atoms with Crippen LogP contribution >= 0.6 is 0 Å². The van der Waals surface area contributed by atoms with E-state index in [4.69, 9.17) is 5.11 Å². The van der Waals surface area contributed by atoms with Crippen LogP contribution in [0.15, 0.2) is 29.2 Å². The summed E-state index contributed by atoms with van der Waals surface area (Å²) in [7, 11) is -3.42. The van der Waals surface area contributed by atoms with Gasteiger partial charge in [0.25, 0.3) is 0 Å². The summed E-state index contributed by atoms with van der Waals surface area (Å²) in [4.78, 5) is 13.9. The summed E-state index contributed by atoms with van der Waals surface area (Å²) in [6.07, 6.45) is 2.71. The van der Waals surface area contributed by atoms with Crippen LogP contribution in [0.1, 0.15) is 31.7 Å². The average Bonchev–Trinajstić information content (AvgIpc) is 3.34. The maximum atomic E-state index is 12.1. The van der Waals surface area contributed by atoms with Gasteiger partial charge in [0.2, 0.25) is 15.9 Å². The lowest BCUT2D eigenvalue weighted by Crippen LogP contribution is -2.33. The summed E-state index contributed by atoms with van der Waals surface area (Å²) in [5, 5.41) is 8.92. The molecule has 1 aliphatic rings. The molecule has 7 heteroatoms. The van der Waals surface area contributed by atoms with Crippen LogP contribution in [0.3, 0.4) is 0 Å². The highest BCUT2D eigenvalue weighted by Gasteiger charge is 2.27. The zero-order valence-electron chi connectivity index (χ0n) is 13.4. The third kappa shape index (κ3) is 5.30. The molecule has 1 aromatic carbocycles. The molecule has 1 amide bonds. The number of aryl methyl sites for hydroxylation is 1. The number of likely N-dealkylation sites (N-methyl/N-ethyl adjacent to an activating group) is 1. The number of aliphatic hydroxyl groups excluding tert-OH is 1. The summed E-state index contributed by atoms with van der Waals surface area (Å²) >= 11 is 0. The van der Waals surface area contributed by atoms with Crippen molar-refractivity contribution in [2.24, 2.45) is 0 Å². The topological polar surface area (TPSA) is 86.7 Å². The van der Waals surface area contributed by atoms with E-state index in [1.165, 1.54) is 0 Å². The minimum absolute atomic E-state index is 0.00588. The number of hydrogen-bond acceptors (Lipinski definition) is 4. The molecule has 0 atom stereocenters. The van der Waals surface area contributed by atoms with Gasteiger partial charge in [0.15, 0.2) is 0 Å².